The van der Waals surface area contributed by atoms with Gasteiger partial charge >= 0.3 is 0 Å². The molecule has 1 fully saturated rings. The van der Waals surface area contributed by atoms with Gasteiger partial charge in [-0.3, -0.25) is 4.79 Å². The van der Waals surface area contributed by atoms with E-state index in [4.69, 9.17) is 0 Å². The van der Waals surface area contributed by atoms with E-state index in [1.807, 2.05) is 28.5 Å². The minimum Gasteiger partial charge on any atom is -0.368 e. The molecule has 134 valence electrons. The van der Waals surface area contributed by atoms with Crippen molar-refractivity contribution in [2.45, 2.75) is 13.5 Å². The maximum absolute atomic E-state index is 12.6. The van der Waals surface area contributed by atoms with Crippen LogP contribution in [-0.4, -0.2) is 57.2 Å². The smallest absolute Gasteiger partial charge is 0.246 e. The molecule has 0 radical (unpaired) electrons. The second-order valence-electron chi connectivity index (χ2n) is 6.28. The lowest BCUT2D eigenvalue weighted by molar-refractivity contribution is -0.132. The van der Waals surface area contributed by atoms with Crippen molar-refractivity contribution in [3.63, 3.8) is 0 Å². The topological polar surface area (TPSA) is 67.2 Å². The molecule has 0 saturated carbocycles. The van der Waals surface area contributed by atoms with E-state index < -0.39 is 0 Å². The first-order valence-electron chi connectivity index (χ1n) is 8.61. The third-order valence-electron chi connectivity index (χ3n) is 4.56. The number of anilines is 1. The van der Waals surface area contributed by atoms with Gasteiger partial charge in [-0.2, -0.15) is 4.80 Å². The molecule has 0 aliphatic carbocycles. The monoisotopic (exact) mass is 368 g/mol. The third-order valence-corrected chi connectivity index (χ3v) is 5.43. The highest BCUT2D eigenvalue weighted by molar-refractivity contribution is 7.13. The summed E-state index contributed by atoms with van der Waals surface area (Å²) in [7, 11) is 0. The number of para-hydroxylation sites is 1. The zero-order valence-corrected chi connectivity index (χ0v) is 15.4. The number of tetrazole rings is 1. The number of hydrogen-bond acceptors (Lipinski definition) is 6. The molecule has 0 spiro atoms. The van der Waals surface area contributed by atoms with Crippen molar-refractivity contribution in [3.8, 4) is 10.7 Å². The van der Waals surface area contributed by atoms with Gasteiger partial charge in [0.1, 0.15) is 6.54 Å². The molecular weight excluding hydrogens is 348 g/mol. The van der Waals surface area contributed by atoms with E-state index in [0.717, 1.165) is 18.0 Å². The first-order chi connectivity index (χ1) is 12.7. The van der Waals surface area contributed by atoms with Crippen molar-refractivity contribution in [2.24, 2.45) is 0 Å². The lowest BCUT2D eigenvalue weighted by Gasteiger charge is -2.36. The number of aryl methyl sites for hydroxylation is 1. The van der Waals surface area contributed by atoms with Gasteiger partial charge in [-0.05, 0) is 35.2 Å². The first kappa shape index (κ1) is 16.7. The van der Waals surface area contributed by atoms with Crippen LogP contribution in [0.5, 0.6) is 0 Å². The fourth-order valence-electron chi connectivity index (χ4n) is 3.15. The first-order valence-corrected chi connectivity index (χ1v) is 9.49. The highest BCUT2D eigenvalue weighted by Crippen LogP contribution is 2.21. The molecule has 7 nitrogen and oxygen atoms in total. The number of carbonyl (C=O) groups is 1. The fraction of sp³-hybridized carbons (Fsp3) is 0.333. The molecule has 1 aliphatic rings. The molecule has 2 aromatic heterocycles. The van der Waals surface area contributed by atoms with Gasteiger partial charge < -0.3 is 9.80 Å². The molecule has 0 bridgehead atoms. The summed E-state index contributed by atoms with van der Waals surface area (Å²) in [5.41, 5.74) is 2.51. The number of hydrogen-bond donors (Lipinski definition) is 0. The van der Waals surface area contributed by atoms with Gasteiger partial charge in [0.2, 0.25) is 11.7 Å². The van der Waals surface area contributed by atoms with Gasteiger partial charge in [0, 0.05) is 31.9 Å². The molecule has 4 rings (SSSR count). The standard InChI is InChI=1S/C18H20N6OS/c1-14-5-2-3-6-15(14)22-8-10-23(11-9-22)17(25)13-24-20-18(19-21-24)16-7-4-12-26-16/h2-7,12H,8-11,13H2,1H3. The summed E-state index contributed by atoms with van der Waals surface area (Å²) in [6, 6.07) is 12.3. The van der Waals surface area contributed by atoms with Crippen LogP contribution in [0, 0.1) is 6.92 Å². The molecule has 3 heterocycles. The highest BCUT2D eigenvalue weighted by atomic mass is 32.1. The van der Waals surface area contributed by atoms with Crippen molar-refractivity contribution in [3.05, 3.63) is 47.3 Å². The van der Waals surface area contributed by atoms with Crippen LogP contribution in [0.15, 0.2) is 41.8 Å². The quantitative estimate of drug-likeness (QED) is 0.705. The number of rotatable bonds is 4. The summed E-state index contributed by atoms with van der Waals surface area (Å²) in [5, 5.41) is 14.3. The van der Waals surface area contributed by atoms with Crippen LogP contribution in [0.3, 0.4) is 0 Å². The second-order valence-corrected chi connectivity index (χ2v) is 7.22. The lowest BCUT2D eigenvalue weighted by atomic mass is 10.1. The summed E-state index contributed by atoms with van der Waals surface area (Å²) in [4.78, 5) is 19.1. The van der Waals surface area contributed by atoms with Crippen molar-refractivity contribution in [2.75, 3.05) is 31.1 Å². The summed E-state index contributed by atoms with van der Waals surface area (Å²) in [6.45, 7) is 5.33. The van der Waals surface area contributed by atoms with Gasteiger partial charge in [-0.25, -0.2) is 0 Å². The molecule has 1 aliphatic heterocycles. The average Bonchev–Trinajstić information content (AvgIpc) is 3.34. The Morgan fingerprint density at radius 1 is 1.12 bits per heavy atom. The minimum absolute atomic E-state index is 0.0320. The summed E-state index contributed by atoms with van der Waals surface area (Å²) >= 11 is 1.56. The average molecular weight is 368 g/mol. The summed E-state index contributed by atoms with van der Waals surface area (Å²) in [6.07, 6.45) is 0. The Labute approximate surface area is 155 Å². The molecule has 0 N–H and O–H groups in total. The SMILES string of the molecule is Cc1ccccc1N1CCN(C(=O)Cn2nnc(-c3cccs3)n2)CC1. The number of nitrogens with zero attached hydrogens (tertiary/aromatic N) is 6. The van der Waals surface area contributed by atoms with Crippen LogP contribution in [0.1, 0.15) is 5.56 Å². The Bertz CT molecular complexity index is 883. The van der Waals surface area contributed by atoms with Crippen LogP contribution >= 0.6 is 11.3 Å². The Hall–Kier alpha value is -2.74. The van der Waals surface area contributed by atoms with Crippen LogP contribution < -0.4 is 4.90 Å². The number of benzene rings is 1. The second kappa shape index (κ2) is 7.25. The molecule has 3 aromatic rings. The lowest BCUT2D eigenvalue weighted by Crippen LogP contribution is -2.49. The van der Waals surface area contributed by atoms with Gasteiger partial charge in [-0.1, -0.05) is 24.3 Å². The molecule has 1 saturated heterocycles. The molecule has 1 aromatic carbocycles. The van der Waals surface area contributed by atoms with Crippen molar-refractivity contribution < 1.29 is 4.79 Å². The van der Waals surface area contributed by atoms with Crippen LogP contribution in [0.4, 0.5) is 5.69 Å². The van der Waals surface area contributed by atoms with E-state index in [9.17, 15) is 4.79 Å². The van der Waals surface area contributed by atoms with E-state index in [1.165, 1.54) is 16.0 Å². The molecule has 0 atom stereocenters. The minimum atomic E-state index is 0.0320. The molecule has 0 unspecified atom stereocenters. The van der Waals surface area contributed by atoms with E-state index in [1.54, 1.807) is 11.3 Å². The van der Waals surface area contributed by atoms with Gasteiger partial charge in [0.25, 0.3) is 0 Å². The Morgan fingerprint density at radius 3 is 2.65 bits per heavy atom. The predicted molar refractivity (Wildman–Crippen MR) is 101 cm³/mol. The maximum atomic E-state index is 12.6. The molecule has 26 heavy (non-hydrogen) atoms. The Balaban J connectivity index is 1.35. The largest absolute Gasteiger partial charge is 0.368 e. The van der Waals surface area contributed by atoms with Crippen molar-refractivity contribution in [1.29, 1.82) is 0 Å². The van der Waals surface area contributed by atoms with Crippen LogP contribution in [-0.2, 0) is 11.3 Å². The molecule has 8 heteroatoms. The molecular formula is C18H20N6OS. The normalized spacial score (nSPS) is 14.7. The Kier molecular flexibility index (Phi) is 4.66. The van der Waals surface area contributed by atoms with Gasteiger partial charge in [0.15, 0.2) is 0 Å². The zero-order chi connectivity index (χ0) is 17.9. The van der Waals surface area contributed by atoms with E-state index in [0.29, 0.717) is 18.9 Å². The number of aromatic nitrogens is 4. The van der Waals surface area contributed by atoms with Crippen LogP contribution in [0.2, 0.25) is 0 Å². The highest BCUT2D eigenvalue weighted by Gasteiger charge is 2.23. The summed E-state index contributed by atoms with van der Waals surface area (Å²) in [5.74, 6) is 0.599. The van der Waals surface area contributed by atoms with E-state index >= 15 is 0 Å². The predicted octanol–water partition coefficient (Wildman–Crippen LogP) is 2.06. The van der Waals surface area contributed by atoms with E-state index in [-0.39, 0.29) is 12.5 Å². The number of amides is 1. The van der Waals surface area contributed by atoms with Crippen LogP contribution in [0.25, 0.3) is 10.7 Å². The molecule has 1 amide bonds. The van der Waals surface area contributed by atoms with Crippen molar-refractivity contribution >= 4 is 22.9 Å². The number of thiophene rings is 1. The number of carbonyl (C=O) groups excluding carboxylic acids is 1. The fourth-order valence-corrected chi connectivity index (χ4v) is 3.80. The van der Waals surface area contributed by atoms with E-state index in [2.05, 4.69) is 45.4 Å². The Morgan fingerprint density at radius 2 is 1.92 bits per heavy atom. The van der Waals surface area contributed by atoms with Crippen molar-refractivity contribution in [1.82, 2.24) is 25.1 Å². The van der Waals surface area contributed by atoms with Gasteiger partial charge in [-0.15, -0.1) is 21.5 Å². The zero-order valence-electron chi connectivity index (χ0n) is 14.6. The van der Waals surface area contributed by atoms with Gasteiger partial charge in [0.05, 0.1) is 4.88 Å². The maximum Gasteiger partial charge on any atom is 0.246 e. The third kappa shape index (κ3) is 3.45. The number of piperazine rings is 1. The summed E-state index contributed by atoms with van der Waals surface area (Å²) < 4.78 is 0.